The van der Waals surface area contributed by atoms with Crippen LogP contribution in [0.15, 0.2) is 136 Å². The summed E-state index contributed by atoms with van der Waals surface area (Å²) < 4.78 is 0. The van der Waals surface area contributed by atoms with Gasteiger partial charge in [-0.3, -0.25) is 0 Å². The Hall–Kier alpha value is -4.84. The van der Waals surface area contributed by atoms with E-state index in [1.54, 1.807) is 6.07 Å². The molecule has 164 valence electrons. The van der Waals surface area contributed by atoms with Gasteiger partial charge in [0.1, 0.15) is 5.69 Å². The average Bonchev–Trinajstić information content (AvgIpc) is 2.89. The van der Waals surface area contributed by atoms with Gasteiger partial charge in [-0.15, -0.1) is 5.11 Å². The molecule has 0 aliphatic heterocycles. The predicted molar refractivity (Wildman–Crippen MR) is 137 cm³/mol. The molecule has 5 rings (SSSR count). The van der Waals surface area contributed by atoms with Gasteiger partial charge in [-0.1, -0.05) is 42.5 Å². The first kappa shape index (κ1) is 21.0. The van der Waals surface area contributed by atoms with Crippen LogP contribution >= 0.6 is 0 Å². The normalized spacial score (nSPS) is 11.4. The molecule has 0 aliphatic carbocycles. The molecule has 0 radical (unpaired) electrons. The standard InChI is InChI=1S/C28H21N5O/c34-28-26-17-16-25(29-21-7-3-1-4-8-21)19-20(26)11-18-27(28)33-32-24-14-12-23(13-15-24)31-30-22-9-5-2-6-10-22/h1-19,29,34H. The maximum atomic E-state index is 10.7. The molecule has 5 aromatic carbocycles. The maximum absolute atomic E-state index is 10.7. The zero-order chi connectivity index (χ0) is 23.2. The molecule has 0 atom stereocenters. The number of fused-ring (bicyclic) bond motifs is 1. The van der Waals surface area contributed by atoms with Crippen molar-refractivity contribution >= 4 is 44.9 Å². The number of anilines is 2. The number of phenolic OH excluding ortho intramolecular Hbond substituents is 1. The fraction of sp³-hybridized carbons (Fsp3) is 0. The minimum atomic E-state index is 0.0980. The smallest absolute Gasteiger partial charge is 0.150 e. The lowest BCUT2D eigenvalue weighted by atomic mass is 10.1. The minimum Gasteiger partial charge on any atom is -0.505 e. The third-order valence-electron chi connectivity index (χ3n) is 5.19. The highest BCUT2D eigenvalue weighted by atomic mass is 16.3. The average molecular weight is 444 g/mol. The molecule has 0 saturated heterocycles. The molecule has 34 heavy (non-hydrogen) atoms. The third-order valence-corrected chi connectivity index (χ3v) is 5.19. The summed E-state index contributed by atoms with van der Waals surface area (Å²) in [6.45, 7) is 0. The highest BCUT2D eigenvalue weighted by molar-refractivity contribution is 5.94. The van der Waals surface area contributed by atoms with Crippen LogP contribution in [0, 0.1) is 0 Å². The molecule has 5 aromatic rings. The number of hydrogen-bond acceptors (Lipinski definition) is 6. The molecule has 0 fully saturated rings. The Morgan fingerprint density at radius 3 is 1.76 bits per heavy atom. The molecule has 0 heterocycles. The third kappa shape index (κ3) is 4.97. The van der Waals surface area contributed by atoms with Gasteiger partial charge in [0.2, 0.25) is 0 Å². The molecule has 2 N–H and O–H groups in total. The van der Waals surface area contributed by atoms with E-state index in [9.17, 15) is 5.11 Å². The molecule has 6 nitrogen and oxygen atoms in total. The molecular formula is C28H21N5O. The lowest BCUT2D eigenvalue weighted by Gasteiger charge is -2.09. The minimum absolute atomic E-state index is 0.0980. The highest BCUT2D eigenvalue weighted by Gasteiger charge is 2.07. The van der Waals surface area contributed by atoms with E-state index in [-0.39, 0.29) is 5.75 Å². The fourth-order valence-corrected chi connectivity index (χ4v) is 3.46. The molecule has 0 aliphatic rings. The van der Waals surface area contributed by atoms with Crippen LogP contribution in [0.1, 0.15) is 0 Å². The van der Waals surface area contributed by atoms with Crippen molar-refractivity contribution in [2.45, 2.75) is 0 Å². The van der Waals surface area contributed by atoms with Crippen LogP contribution in [-0.2, 0) is 0 Å². The second kappa shape index (κ2) is 9.75. The maximum Gasteiger partial charge on any atom is 0.150 e. The van der Waals surface area contributed by atoms with Crippen LogP contribution < -0.4 is 5.32 Å². The van der Waals surface area contributed by atoms with Gasteiger partial charge in [0.15, 0.2) is 5.75 Å². The molecule has 0 spiro atoms. The van der Waals surface area contributed by atoms with E-state index in [1.807, 2.05) is 109 Å². The van der Waals surface area contributed by atoms with Gasteiger partial charge in [-0.05, 0) is 78.2 Å². The Morgan fingerprint density at radius 1 is 0.500 bits per heavy atom. The van der Waals surface area contributed by atoms with Gasteiger partial charge in [0.25, 0.3) is 0 Å². The van der Waals surface area contributed by atoms with Crippen molar-refractivity contribution in [3.63, 3.8) is 0 Å². The second-order valence-electron chi connectivity index (χ2n) is 7.61. The summed E-state index contributed by atoms with van der Waals surface area (Å²) in [6.07, 6.45) is 0. The quantitative estimate of drug-likeness (QED) is 0.257. The molecule has 6 heteroatoms. The Morgan fingerprint density at radius 2 is 1.09 bits per heavy atom. The zero-order valence-electron chi connectivity index (χ0n) is 18.2. The van der Waals surface area contributed by atoms with Crippen molar-refractivity contribution in [1.29, 1.82) is 0 Å². The van der Waals surface area contributed by atoms with E-state index in [2.05, 4.69) is 25.8 Å². The lowest BCUT2D eigenvalue weighted by Crippen LogP contribution is -1.89. The van der Waals surface area contributed by atoms with Crippen LogP contribution in [0.5, 0.6) is 5.75 Å². The van der Waals surface area contributed by atoms with Crippen LogP contribution in [-0.4, -0.2) is 5.11 Å². The molecule has 0 aromatic heterocycles. The van der Waals surface area contributed by atoms with Gasteiger partial charge in [-0.25, -0.2) is 0 Å². The summed E-state index contributed by atoms with van der Waals surface area (Å²) in [5, 5.41) is 32.6. The van der Waals surface area contributed by atoms with Crippen molar-refractivity contribution in [2.24, 2.45) is 20.5 Å². The number of aromatic hydroxyl groups is 1. The summed E-state index contributed by atoms with van der Waals surface area (Å²) in [5.41, 5.74) is 4.52. The van der Waals surface area contributed by atoms with Crippen LogP contribution in [0.4, 0.5) is 34.1 Å². The lowest BCUT2D eigenvalue weighted by molar-refractivity contribution is 0.482. The number of rotatable bonds is 6. The summed E-state index contributed by atoms with van der Waals surface area (Å²) in [5.74, 6) is 0.0980. The zero-order valence-corrected chi connectivity index (χ0v) is 18.2. The van der Waals surface area contributed by atoms with Gasteiger partial charge < -0.3 is 10.4 Å². The van der Waals surface area contributed by atoms with E-state index in [0.717, 1.165) is 28.1 Å². The summed E-state index contributed by atoms with van der Waals surface area (Å²) in [7, 11) is 0. The van der Waals surface area contributed by atoms with Crippen molar-refractivity contribution in [3.8, 4) is 5.75 Å². The number of hydrogen-bond donors (Lipinski definition) is 2. The van der Waals surface area contributed by atoms with Crippen LogP contribution in [0.3, 0.4) is 0 Å². The van der Waals surface area contributed by atoms with E-state index < -0.39 is 0 Å². The second-order valence-corrected chi connectivity index (χ2v) is 7.61. The largest absolute Gasteiger partial charge is 0.505 e. The van der Waals surface area contributed by atoms with E-state index in [1.165, 1.54) is 0 Å². The number of phenols is 1. The molecule has 0 bridgehead atoms. The molecular weight excluding hydrogens is 422 g/mol. The monoisotopic (exact) mass is 443 g/mol. The van der Waals surface area contributed by atoms with Crippen molar-refractivity contribution in [2.75, 3.05) is 5.32 Å². The van der Waals surface area contributed by atoms with Crippen molar-refractivity contribution in [1.82, 2.24) is 0 Å². The number of para-hydroxylation sites is 1. The predicted octanol–water partition coefficient (Wildman–Crippen LogP) is 9.12. The SMILES string of the molecule is Oc1c(N=Nc2ccc(N=Nc3ccccc3)cc2)ccc2cc(Nc3ccccc3)ccc12. The Balaban J connectivity index is 1.31. The Kier molecular flexibility index (Phi) is 6.03. The van der Waals surface area contributed by atoms with Gasteiger partial charge in [0.05, 0.1) is 17.1 Å². The number of nitrogens with zero attached hydrogens (tertiary/aromatic N) is 4. The van der Waals surface area contributed by atoms with Crippen molar-refractivity contribution in [3.05, 3.63) is 115 Å². The van der Waals surface area contributed by atoms with Gasteiger partial charge in [-0.2, -0.15) is 15.3 Å². The summed E-state index contributed by atoms with van der Waals surface area (Å²) >= 11 is 0. The highest BCUT2D eigenvalue weighted by Crippen LogP contribution is 2.37. The fourth-order valence-electron chi connectivity index (χ4n) is 3.46. The van der Waals surface area contributed by atoms with Crippen molar-refractivity contribution < 1.29 is 5.11 Å². The molecule has 0 amide bonds. The first-order chi connectivity index (χ1) is 16.7. The summed E-state index contributed by atoms with van der Waals surface area (Å²) in [4.78, 5) is 0. The summed E-state index contributed by atoms with van der Waals surface area (Å²) in [6, 6.07) is 36.2. The topological polar surface area (TPSA) is 81.7 Å². The number of azo groups is 2. The Labute approximate surface area is 197 Å². The van der Waals surface area contributed by atoms with E-state index >= 15 is 0 Å². The van der Waals surface area contributed by atoms with Crippen LogP contribution in [0.25, 0.3) is 10.8 Å². The first-order valence-electron chi connectivity index (χ1n) is 10.8. The van der Waals surface area contributed by atoms with E-state index in [4.69, 9.17) is 0 Å². The first-order valence-corrected chi connectivity index (χ1v) is 10.8. The number of benzene rings is 5. The van der Waals surface area contributed by atoms with E-state index in [0.29, 0.717) is 16.8 Å². The van der Waals surface area contributed by atoms with Crippen LogP contribution in [0.2, 0.25) is 0 Å². The van der Waals surface area contributed by atoms with Gasteiger partial charge in [0, 0.05) is 16.8 Å². The number of nitrogens with one attached hydrogen (secondary N) is 1. The molecule has 0 saturated carbocycles. The molecule has 0 unspecified atom stereocenters. The Bertz CT molecular complexity index is 1460. The van der Waals surface area contributed by atoms with Gasteiger partial charge >= 0.3 is 0 Å².